The molecule has 0 radical (unpaired) electrons. The lowest BCUT2D eigenvalue weighted by Crippen LogP contribution is -1.85. The molecule has 2 nitrogen and oxygen atoms in total. The van der Waals surface area contributed by atoms with Crippen molar-refractivity contribution in [3.05, 3.63) is 36.7 Å². The van der Waals surface area contributed by atoms with E-state index in [0.29, 0.717) is 13.2 Å². The molecule has 1 heterocycles. The molecule has 3 heteroatoms. The van der Waals surface area contributed by atoms with Gasteiger partial charge in [0.25, 0.3) is 0 Å². The summed E-state index contributed by atoms with van der Waals surface area (Å²) < 4.78 is 10.6. The third-order valence-corrected chi connectivity index (χ3v) is 2.77. The van der Waals surface area contributed by atoms with E-state index in [0.717, 1.165) is 5.31 Å². The third-order valence-electron chi connectivity index (χ3n) is 1.21. The summed E-state index contributed by atoms with van der Waals surface area (Å²) in [5.41, 5.74) is 0. The Morgan fingerprint density at radius 3 is 3.18 bits per heavy atom. The van der Waals surface area contributed by atoms with E-state index in [1.165, 1.54) is 0 Å². The Hall–Kier alpha value is -0.430. The zero-order valence-electron chi connectivity index (χ0n) is 6.32. The van der Waals surface area contributed by atoms with Crippen molar-refractivity contribution < 1.29 is 9.05 Å². The van der Waals surface area contributed by atoms with Crippen LogP contribution < -0.4 is 0 Å². The van der Waals surface area contributed by atoms with E-state index in [4.69, 9.17) is 9.05 Å². The van der Waals surface area contributed by atoms with Gasteiger partial charge in [-0.25, -0.2) is 0 Å². The van der Waals surface area contributed by atoms with E-state index in [1.807, 2.05) is 6.08 Å². The Kier molecular flexibility index (Phi) is 3.50. The summed E-state index contributed by atoms with van der Waals surface area (Å²) in [6.07, 6.45) is 5.48. The molecule has 1 aliphatic rings. The van der Waals surface area contributed by atoms with Gasteiger partial charge in [0, 0.05) is 5.31 Å². The Balaban J connectivity index is 2.39. The molecular weight excluding hydrogens is 159 g/mol. The average molecular weight is 170 g/mol. The minimum Gasteiger partial charge on any atom is -0.326 e. The van der Waals surface area contributed by atoms with Gasteiger partial charge in [-0.05, 0) is 6.08 Å². The highest BCUT2D eigenvalue weighted by molar-refractivity contribution is 7.52. The second-order valence-corrected chi connectivity index (χ2v) is 3.52. The van der Waals surface area contributed by atoms with Crippen LogP contribution in [0, 0.1) is 0 Å². The van der Waals surface area contributed by atoms with Gasteiger partial charge >= 0.3 is 0 Å². The van der Waals surface area contributed by atoms with Gasteiger partial charge in [-0.2, -0.15) is 0 Å². The lowest BCUT2D eigenvalue weighted by atomic mass is 10.5. The van der Waals surface area contributed by atoms with Gasteiger partial charge in [-0.15, -0.1) is 6.58 Å². The van der Waals surface area contributed by atoms with Crippen LogP contribution in [0.2, 0.25) is 0 Å². The van der Waals surface area contributed by atoms with Crippen molar-refractivity contribution in [3.63, 3.8) is 0 Å². The van der Waals surface area contributed by atoms with Crippen LogP contribution in [0.5, 0.6) is 0 Å². The fraction of sp³-hybridized carbons (Fsp3) is 0.250. The first kappa shape index (κ1) is 8.66. The van der Waals surface area contributed by atoms with Gasteiger partial charge in [0.1, 0.15) is 0 Å². The van der Waals surface area contributed by atoms with Crippen LogP contribution in [0.15, 0.2) is 36.7 Å². The highest BCUT2D eigenvalue weighted by Gasteiger charge is 2.18. The molecule has 0 saturated heterocycles. The molecule has 0 aromatic rings. The number of rotatable bonds is 4. The molecular formula is C8H11O2P. The van der Waals surface area contributed by atoms with Gasteiger partial charge < -0.3 is 9.05 Å². The summed E-state index contributed by atoms with van der Waals surface area (Å²) in [5, 5.41) is 1.07. The largest absolute Gasteiger partial charge is 0.326 e. The zero-order chi connectivity index (χ0) is 8.10. The molecule has 0 bridgehead atoms. The molecule has 0 fully saturated rings. The third kappa shape index (κ3) is 2.26. The zero-order valence-corrected chi connectivity index (χ0v) is 7.22. The minimum atomic E-state index is -0.843. The van der Waals surface area contributed by atoms with Gasteiger partial charge in [0.2, 0.25) is 8.38 Å². The molecule has 0 aromatic heterocycles. The van der Waals surface area contributed by atoms with Crippen LogP contribution >= 0.6 is 8.38 Å². The molecule has 0 aromatic carbocycles. The van der Waals surface area contributed by atoms with Crippen molar-refractivity contribution in [2.75, 3.05) is 13.2 Å². The molecule has 1 aliphatic heterocycles. The van der Waals surface area contributed by atoms with Gasteiger partial charge in [0.15, 0.2) is 0 Å². The molecule has 1 atom stereocenters. The Bertz CT molecular complexity index is 187. The fourth-order valence-corrected chi connectivity index (χ4v) is 1.93. The van der Waals surface area contributed by atoms with E-state index in [2.05, 4.69) is 13.2 Å². The number of hydrogen-bond donors (Lipinski definition) is 0. The van der Waals surface area contributed by atoms with Crippen LogP contribution in [-0.4, -0.2) is 13.2 Å². The first-order valence-electron chi connectivity index (χ1n) is 3.38. The molecule has 0 N–H and O–H groups in total. The molecule has 60 valence electrons. The summed E-state index contributed by atoms with van der Waals surface area (Å²) in [4.78, 5) is 0. The maximum atomic E-state index is 5.34. The Morgan fingerprint density at radius 1 is 1.73 bits per heavy atom. The molecule has 0 saturated carbocycles. The Morgan fingerprint density at radius 2 is 2.55 bits per heavy atom. The maximum absolute atomic E-state index is 5.34. The van der Waals surface area contributed by atoms with Gasteiger partial charge in [-0.1, -0.05) is 18.7 Å². The van der Waals surface area contributed by atoms with E-state index >= 15 is 0 Å². The molecule has 0 spiro atoms. The fourth-order valence-electron chi connectivity index (χ4n) is 0.729. The van der Waals surface area contributed by atoms with Crippen molar-refractivity contribution in [1.82, 2.24) is 0 Å². The van der Waals surface area contributed by atoms with Crippen LogP contribution in [0.3, 0.4) is 0 Å². The standard InChI is InChI=1S/C8H11O2P/c1-3-6-9-11-8(4-2)5-7-10-11/h3-5H,1-2,6-7H2. The summed E-state index contributed by atoms with van der Waals surface area (Å²) in [5.74, 6) is 0. The molecule has 1 rings (SSSR count). The number of hydrogen-bond acceptors (Lipinski definition) is 2. The van der Waals surface area contributed by atoms with Crippen LogP contribution in [0.4, 0.5) is 0 Å². The normalized spacial score (nSPS) is 22.9. The monoisotopic (exact) mass is 170 g/mol. The summed E-state index contributed by atoms with van der Waals surface area (Å²) >= 11 is 0. The Labute approximate surface area is 68.1 Å². The summed E-state index contributed by atoms with van der Waals surface area (Å²) in [7, 11) is -0.843. The van der Waals surface area contributed by atoms with Gasteiger partial charge in [-0.3, -0.25) is 0 Å². The summed E-state index contributed by atoms with van der Waals surface area (Å²) in [6, 6.07) is 0. The SMILES string of the molecule is C=CCOP1OCC=C1C=C. The van der Waals surface area contributed by atoms with Crippen molar-refractivity contribution in [2.45, 2.75) is 0 Å². The summed E-state index contributed by atoms with van der Waals surface area (Å²) in [6.45, 7) is 8.40. The van der Waals surface area contributed by atoms with Crippen molar-refractivity contribution in [3.8, 4) is 0 Å². The first-order valence-corrected chi connectivity index (χ1v) is 4.55. The van der Waals surface area contributed by atoms with Crippen LogP contribution in [-0.2, 0) is 9.05 Å². The van der Waals surface area contributed by atoms with Crippen LogP contribution in [0.1, 0.15) is 0 Å². The molecule has 11 heavy (non-hydrogen) atoms. The molecule has 0 aliphatic carbocycles. The minimum absolute atomic E-state index is 0.539. The lowest BCUT2D eigenvalue weighted by molar-refractivity contribution is 0.306. The van der Waals surface area contributed by atoms with Crippen molar-refractivity contribution in [2.24, 2.45) is 0 Å². The van der Waals surface area contributed by atoms with Crippen molar-refractivity contribution >= 4 is 8.38 Å². The molecule has 1 unspecified atom stereocenters. The quantitative estimate of drug-likeness (QED) is 0.477. The second kappa shape index (κ2) is 4.45. The predicted octanol–water partition coefficient (Wildman–Crippen LogP) is 2.60. The van der Waals surface area contributed by atoms with E-state index in [9.17, 15) is 0 Å². The van der Waals surface area contributed by atoms with Crippen molar-refractivity contribution in [1.29, 1.82) is 0 Å². The van der Waals surface area contributed by atoms with E-state index in [-0.39, 0.29) is 0 Å². The maximum Gasteiger partial charge on any atom is 0.205 e. The topological polar surface area (TPSA) is 18.5 Å². The highest BCUT2D eigenvalue weighted by Crippen LogP contribution is 2.50. The first-order chi connectivity index (χ1) is 5.38. The smallest absolute Gasteiger partial charge is 0.205 e. The predicted molar refractivity (Wildman–Crippen MR) is 47.3 cm³/mol. The average Bonchev–Trinajstić information content (AvgIpc) is 2.47. The van der Waals surface area contributed by atoms with Gasteiger partial charge in [0.05, 0.1) is 13.2 Å². The van der Waals surface area contributed by atoms with Crippen LogP contribution in [0.25, 0.3) is 0 Å². The lowest BCUT2D eigenvalue weighted by Gasteiger charge is -2.09. The highest BCUT2D eigenvalue weighted by atomic mass is 31.2. The van der Waals surface area contributed by atoms with E-state index in [1.54, 1.807) is 12.2 Å². The molecule has 0 amide bonds. The van der Waals surface area contributed by atoms with E-state index < -0.39 is 8.38 Å². The second-order valence-electron chi connectivity index (χ2n) is 1.97. The number of allylic oxidation sites excluding steroid dienone is 2.